The average Bonchev–Trinajstić information content (AvgIpc) is 2.62. The Bertz CT molecular complexity index is 962. The zero-order chi connectivity index (χ0) is 20.2. The van der Waals surface area contributed by atoms with Gasteiger partial charge in [-0.1, -0.05) is 42.3 Å². The third-order valence-corrected chi connectivity index (χ3v) is 6.11. The number of likely N-dealkylation sites (N-methyl/N-ethyl adjacent to an activating group) is 1. The van der Waals surface area contributed by atoms with Gasteiger partial charge >= 0.3 is 0 Å². The maximum Gasteiger partial charge on any atom is 0.270 e. The van der Waals surface area contributed by atoms with Crippen LogP contribution >= 0.6 is 23.2 Å². The standard InChI is InChI=1S/C16H15Cl2N3O5S/c1-2-20(10-15(22)19-16-13(17)7-4-8-14(16)18)27(25,26)12-6-3-5-11(9-12)21(23)24/h3-9H,2,10H2,1H3,(H,19,22). The first-order chi connectivity index (χ1) is 12.7. The van der Waals surface area contributed by atoms with Crippen molar-refractivity contribution in [2.75, 3.05) is 18.4 Å². The van der Waals surface area contributed by atoms with E-state index in [1.165, 1.54) is 30.3 Å². The number of nitrogens with zero attached hydrogens (tertiary/aromatic N) is 2. The molecular formula is C16H15Cl2N3O5S. The Morgan fingerprint density at radius 1 is 1.19 bits per heavy atom. The molecule has 0 fully saturated rings. The van der Waals surface area contributed by atoms with Gasteiger partial charge in [0.05, 0.1) is 32.1 Å². The van der Waals surface area contributed by atoms with Crippen molar-refractivity contribution in [2.24, 2.45) is 0 Å². The summed E-state index contributed by atoms with van der Waals surface area (Å²) < 4.78 is 26.4. The first-order valence-corrected chi connectivity index (χ1v) is 9.85. The van der Waals surface area contributed by atoms with Gasteiger partial charge in [-0.3, -0.25) is 14.9 Å². The van der Waals surface area contributed by atoms with Crippen molar-refractivity contribution in [3.8, 4) is 0 Å². The number of nitro benzene ring substituents is 1. The minimum absolute atomic E-state index is 0.0191. The number of hydrogen-bond acceptors (Lipinski definition) is 5. The molecule has 0 heterocycles. The normalized spacial score (nSPS) is 11.4. The second-order valence-electron chi connectivity index (χ2n) is 5.33. The molecule has 0 radical (unpaired) electrons. The predicted molar refractivity (Wildman–Crippen MR) is 103 cm³/mol. The Hall–Kier alpha value is -2.20. The van der Waals surface area contributed by atoms with Gasteiger partial charge in [0.15, 0.2) is 0 Å². The number of benzene rings is 2. The molecule has 1 N–H and O–H groups in total. The van der Waals surface area contributed by atoms with Gasteiger partial charge < -0.3 is 5.32 Å². The number of carbonyl (C=O) groups excluding carboxylic acids is 1. The molecule has 2 aromatic rings. The summed E-state index contributed by atoms with van der Waals surface area (Å²) in [6, 6.07) is 9.28. The molecule has 0 unspecified atom stereocenters. The molecule has 0 aliphatic heterocycles. The van der Waals surface area contributed by atoms with Crippen LogP contribution in [0.5, 0.6) is 0 Å². The lowest BCUT2D eigenvalue weighted by atomic mass is 10.3. The molecular weight excluding hydrogens is 417 g/mol. The Kier molecular flexibility index (Phi) is 6.77. The van der Waals surface area contributed by atoms with Crippen LogP contribution in [0.2, 0.25) is 10.0 Å². The largest absolute Gasteiger partial charge is 0.322 e. The van der Waals surface area contributed by atoms with E-state index in [0.29, 0.717) is 0 Å². The smallest absolute Gasteiger partial charge is 0.270 e. The van der Waals surface area contributed by atoms with E-state index in [9.17, 15) is 23.3 Å². The molecule has 0 aliphatic rings. The Balaban J connectivity index is 2.24. The van der Waals surface area contributed by atoms with Crippen LogP contribution in [0.3, 0.4) is 0 Å². The number of sulfonamides is 1. The van der Waals surface area contributed by atoms with E-state index in [1.54, 1.807) is 13.0 Å². The summed E-state index contributed by atoms with van der Waals surface area (Å²) in [6.07, 6.45) is 0. The molecule has 0 aliphatic carbocycles. The number of para-hydroxylation sites is 1. The van der Waals surface area contributed by atoms with Gasteiger partial charge in [0.25, 0.3) is 5.69 Å². The number of nitro groups is 1. The lowest BCUT2D eigenvalue weighted by Crippen LogP contribution is -2.37. The van der Waals surface area contributed by atoms with E-state index in [-0.39, 0.29) is 32.9 Å². The number of nitrogens with one attached hydrogen (secondary N) is 1. The van der Waals surface area contributed by atoms with Gasteiger partial charge in [0.2, 0.25) is 15.9 Å². The van der Waals surface area contributed by atoms with E-state index < -0.39 is 27.4 Å². The van der Waals surface area contributed by atoms with Crippen molar-refractivity contribution in [3.63, 3.8) is 0 Å². The average molecular weight is 432 g/mol. The third kappa shape index (κ3) is 4.95. The molecule has 27 heavy (non-hydrogen) atoms. The summed E-state index contributed by atoms with van der Waals surface area (Å²) in [5.41, 5.74) is -0.186. The summed E-state index contributed by atoms with van der Waals surface area (Å²) in [4.78, 5) is 22.2. The third-order valence-electron chi connectivity index (χ3n) is 3.57. The number of hydrogen-bond donors (Lipinski definition) is 1. The minimum atomic E-state index is -4.11. The van der Waals surface area contributed by atoms with Gasteiger partial charge in [-0.05, 0) is 18.2 Å². The predicted octanol–water partition coefficient (Wildman–Crippen LogP) is 3.55. The molecule has 0 saturated carbocycles. The molecule has 11 heteroatoms. The van der Waals surface area contributed by atoms with Crippen molar-refractivity contribution < 1.29 is 18.1 Å². The Labute approximate surface area is 165 Å². The van der Waals surface area contributed by atoms with Crippen molar-refractivity contribution in [2.45, 2.75) is 11.8 Å². The zero-order valence-electron chi connectivity index (χ0n) is 14.1. The van der Waals surface area contributed by atoms with Crippen molar-refractivity contribution in [1.29, 1.82) is 0 Å². The maximum atomic E-state index is 12.7. The molecule has 1 amide bonds. The van der Waals surface area contributed by atoms with Crippen LogP contribution in [0, 0.1) is 10.1 Å². The van der Waals surface area contributed by atoms with Crippen molar-refractivity contribution in [3.05, 3.63) is 62.6 Å². The lowest BCUT2D eigenvalue weighted by molar-refractivity contribution is -0.385. The number of amides is 1. The van der Waals surface area contributed by atoms with Crippen molar-refractivity contribution in [1.82, 2.24) is 4.31 Å². The monoisotopic (exact) mass is 431 g/mol. The lowest BCUT2D eigenvalue weighted by Gasteiger charge is -2.20. The summed E-state index contributed by atoms with van der Waals surface area (Å²) in [5.74, 6) is -0.652. The number of carbonyl (C=O) groups is 1. The fraction of sp³-hybridized carbons (Fsp3) is 0.188. The summed E-state index contributed by atoms with van der Waals surface area (Å²) >= 11 is 12.0. The molecule has 0 aromatic heterocycles. The van der Waals surface area contributed by atoms with Crippen LogP contribution in [0.1, 0.15) is 6.92 Å². The highest BCUT2D eigenvalue weighted by Crippen LogP contribution is 2.30. The number of anilines is 1. The van der Waals surface area contributed by atoms with Gasteiger partial charge in [-0.2, -0.15) is 4.31 Å². The van der Waals surface area contributed by atoms with E-state index in [4.69, 9.17) is 23.2 Å². The molecule has 2 aromatic carbocycles. The second kappa shape index (κ2) is 8.66. The quantitative estimate of drug-likeness (QED) is 0.532. The van der Waals surface area contributed by atoms with Crippen LogP contribution in [-0.2, 0) is 14.8 Å². The van der Waals surface area contributed by atoms with E-state index in [0.717, 1.165) is 10.4 Å². The van der Waals surface area contributed by atoms with Crippen LogP contribution in [0.25, 0.3) is 0 Å². The molecule has 0 spiro atoms. The molecule has 2 rings (SSSR count). The van der Waals surface area contributed by atoms with Crippen molar-refractivity contribution >= 4 is 50.5 Å². The highest BCUT2D eigenvalue weighted by molar-refractivity contribution is 7.89. The second-order valence-corrected chi connectivity index (χ2v) is 8.08. The van der Waals surface area contributed by atoms with Gasteiger partial charge in [-0.25, -0.2) is 8.42 Å². The molecule has 8 nitrogen and oxygen atoms in total. The Morgan fingerprint density at radius 2 is 1.78 bits per heavy atom. The van der Waals surface area contributed by atoms with E-state index in [2.05, 4.69) is 5.32 Å². The van der Waals surface area contributed by atoms with Gasteiger partial charge in [0.1, 0.15) is 0 Å². The van der Waals surface area contributed by atoms with Crippen LogP contribution in [0.4, 0.5) is 11.4 Å². The van der Waals surface area contributed by atoms with Gasteiger partial charge in [0, 0.05) is 18.7 Å². The van der Waals surface area contributed by atoms with E-state index >= 15 is 0 Å². The van der Waals surface area contributed by atoms with Crippen LogP contribution in [-0.4, -0.2) is 36.6 Å². The molecule has 0 saturated heterocycles. The summed E-state index contributed by atoms with van der Waals surface area (Å²) in [7, 11) is -4.11. The van der Waals surface area contributed by atoms with E-state index in [1.807, 2.05) is 0 Å². The number of non-ortho nitro benzene ring substituents is 1. The van der Waals surface area contributed by atoms with Gasteiger partial charge in [-0.15, -0.1) is 0 Å². The highest BCUT2D eigenvalue weighted by Gasteiger charge is 2.27. The van der Waals surface area contributed by atoms with Crippen LogP contribution in [0.15, 0.2) is 47.4 Å². The fourth-order valence-corrected chi connectivity index (χ4v) is 4.17. The SMILES string of the molecule is CCN(CC(=O)Nc1c(Cl)cccc1Cl)S(=O)(=O)c1cccc([N+](=O)[O-])c1. The minimum Gasteiger partial charge on any atom is -0.322 e. The first kappa shape index (κ1) is 21.1. The number of rotatable bonds is 7. The topological polar surface area (TPSA) is 110 Å². The maximum absolute atomic E-state index is 12.7. The van der Waals surface area contributed by atoms with Crippen LogP contribution < -0.4 is 5.32 Å². The number of halogens is 2. The Morgan fingerprint density at radius 3 is 2.33 bits per heavy atom. The molecule has 0 atom stereocenters. The first-order valence-electron chi connectivity index (χ1n) is 7.65. The zero-order valence-corrected chi connectivity index (χ0v) is 16.4. The highest BCUT2D eigenvalue weighted by atomic mass is 35.5. The summed E-state index contributed by atoms with van der Waals surface area (Å²) in [5, 5.41) is 13.8. The molecule has 0 bridgehead atoms. The summed E-state index contributed by atoms with van der Waals surface area (Å²) in [6.45, 7) is 1.02. The fourth-order valence-electron chi connectivity index (χ4n) is 2.23. The molecule has 144 valence electrons.